The van der Waals surface area contributed by atoms with E-state index in [0.717, 1.165) is 59.3 Å². The van der Waals surface area contributed by atoms with Gasteiger partial charge in [-0.2, -0.15) is 0 Å². The Morgan fingerprint density at radius 2 is 2.20 bits per heavy atom. The molecule has 2 aromatic heterocycles. The second kappa shape index (κ2) is 13.0. The van der Waals surface area contributed by atoms with Crippen LogP contribution in [0.4, 0.5) is 5.69 Å². The lowest BCUT2D eigenvalue weighted by Crippen LogP contribution is -2.09. The third-order valence-electron chi connectivity index (χ3n) is 4.67. The number of anilines is 1. The average molecular weight is 430 g/mol. The van der Waals surface area contributed by atoms with E-state index in [0.29, 0.717) is 11.5 Å². The van der Waals surface area contributed by atoms with Gasteiger partial charge >= 0.3 is 0 Å². The summed E-state index contributed by atoms with van der Waals surface area (Å²) in [5.41, 5.74) is 2.98. The molecule has 0 saturated heterocycles. The number of allylic oxidation sites excluding steroid dienone is 2. The molecule has 0 spiro atoms. The van der Waals surface area contributed by atoms with Crippen molar-refractivity contribution in [2.45, 2.75) is 26.2 Å². The lowest BCUT2D eigenvalue weighted by molar-refractivity contribution is 0.112. The van der Waals surface area contributed by atoms with Crippen LogP contribution in [0.3, 0.4) is 0 Å². The van der Waals surface area contributed by atoms with Crippen LogP contribution in [0.15, 0.2) is 42.4 Å². The lowest BCUT2D eigenvalue weighted by atomic mass is 10.1. The second-order valence-corrected chi connectivity index (χ2v) is 7.76. The summed E-state index contributed by atoms with van der Waals surface area (Å²) in [6, 6.07) is 1.93. The van der Waals surface area contributed by atoms with Crippen molar-refractivity contribution < 1.29 is 14.6 Å². The first-order valence-electron chi connectivity index (χ1n) is 10.1. The number of carbonyl (C=O) groups is 1. The summed E-state index contributed by atoms with van der Waals surface area (Å²) < 4.78 is 5.04. The fourth-order valence-corrected chi connectivity index (χ4v) is 4.01. The number of aliphatic hydroxyl groups excluding tert-OH is 1. The van der Waals surface area contributed by atoms with Gasteiger partial charge in [0.15, 0.2) is 6.29 Å². The molecule has 0 bridgehead atoms. The number of nitrogens with one attached hydrogen (secondary N) is 1. The normalized spacial score (nSPS) is 12.3. The zero-order chi connectivity index (χ0) is 21.8. The van der Waals surface area contributed by atoms with Crippen molar-refractivity contribution in [3.05, 3.63) is 52.8 Å². The number of ether oxygens (including phenoxy) is 1. The van der Waals surface area contributed by atoms with Crippen molar-refractivity contribution in [3.8, 4) is 0 Å². The number of hydrogen-bond donors (Lipinski definition) is 2. The Kier molecular flexibility index (Phi) is 10.3. The van der Waals surface area contributed by atoms with Crippen LogP contribution in [0.1, 0.15) is 41.4 Å². The molecule has 0 atom stereocenters. The Hall–Kier alpha value is -2.48. The number of aldehydes is 1. The molecule has 0 aromatic carbocycles. The summed E-state index contributed by atoms with van der Waals surface area (Å²) >= 11 is 1.40. The van der Waals surface area contributed by atoms with Crippen molar-refractivity contribution >= 4 is 39.6 Å². The van der Waals surface area contributed by atoms with Crippen molar-refractivity contribution in [1.29, 1.82) is 0 Å². The third kappa shape index (κ3) is 6.52. The van der Waals surface area contributed by atoms with Gasteiger partial charge in [0.05, 0.1) is 11.5 Å². The molecule has 2 heterocycles. The first-order chi connectivity index (χ1) is 14.7. The summed E-state index contributed by atoms with van der Waals surface area (Å²) in [6.07, 6.45) is 15.2. The van der Waals surface area contributed by atoms with E-state index in [1.165, 1.54) is 11.3 Å². The number of aromatic nitrogens is 1. The highest BCUT2D eigenvalue weighted by molar-refractivity contribution is 7.20. The van der Waals surface area contributed by atoms with Gasteiger partial charge in [-0.25, -0.2) is 4.98 Å². The number of methoxy groups -OCH3 is 1. The van der Waals surface area contributed by atoms with E-state index in [-0.39, 0.29) is 6.61 Å². The molecule has 30 heavy (non-hydrogen) atoms. The molecule has 0 fully saturated rings. The van der Waals surface area contributed by atoms with E-state index in [4.69, 9.17) is 9.84 Å². The molecular weight excluding hydrogens is 398 g/mol. The zero-order valence-electron chi connectivity index (χ0n) is 17.9. The summed E-state index contributed by atoms with van der Waals surface area (Å²) in [6.45, 7) is 3.56. The zero-order valence-corrected chi connectivity index (χ0v) is 18.7. The maximum Gasteiger partial charge on any atom is 0.160 e. The number of nitrogens with zero attached hydrogens (tertiary/aromatic N) is 2. The number of unbranched alkanes of at least 4 members (excludes halogenated alkanes) is 1. The van der Waals surface area contributed by atoms with Gasteiger partial charge in [0, 0.05) is 68.5 Å². The predicted octanol–water partition coefficient (Wildman–Crippen LogP) is 4.69. The number of fused-ring (bicyclic) bond motifs is 1. The van der Waals surface area contributed by atoms with Crippen LogP contribution in [0, 0.1) is 0 Å². The van der Waals surface area contributed by atoms with E-state index in [1.54, 1.807) is 13.3 Å². The molecule has 0 amide bonds. The summed E-state index contributed by atoms with van der Waals surface area (Å²) in [4.78, 5) is 19.7. The second-order valence-electron chi connectivity index (χ2n) is 6.73. The summed E-state index contributed by atoms with van der Waals surface area (Å²) in [5.74, 6) is 0. The largest absolute Gasteiger partial charge is 0.396 e. The van der Waals surface area contributed by atoms with Crippen molar-refractivity contribution in [2.75, 3.05) is 39.2 Å². The van der Waals surface area contributed by atoms with Crippen LogP contribution in [0.5, 0.6) is 0 Å². The molecule has 0 radical (unpaired) electrons. The topological polar surface area (TPSA) is 74.7 Å². The van der Waals surface area contributed by atoms with E-state index >= 15 is 0 Å². The van der Waals surface area contributed by atoms with Gasteiger partial charge in [-0.3, -0.25) is 4.79 Å². The lowest BCUT2D eigenvalue weighted by Gasteiger charge is -2.17. The molecule has 2 N–H and O–H groups in total. The fraction of sp³-hybridized carbons (Fsp3) is 0.391. The van der Waals surface area contributed by atoms with Gasteiger partial charge < -0.3 is 20.1 Å². The van der Waals surface area contributed by atoms with E-state index in [9.17, 15) is 4.79 Å². The van der Waals surface area contributed by atoms with Crippen molar-refractivity contribution in [3.63, 3.8) is 0 Å². The minimum absolute atomic E-state index is 0.190. The summed E-state index contributed by atoms with van der Waals surface area (Å²) in [5, 5.41) is 13.4. The van der Waals surface area contributed by atoms with Gasteiger partial charge in [-0.05, 0) is 31.9 Å². The third-order valence-corrected chi connectivity index (χ3v) is 5.71. The molecule has 0 saturated carbocycles. The highest BCUT2D eigenvalue weighted by atomic mass is 32.1. The Morgan fingerprint density at radius 3 is 2.90 bits per heavy atom. The van der Waals surface area contributed by atoms with E-state index < -0.39 is 0 Å². The molecule has 2 aromatic rings. The maximum absolute atomic E-state index is 11.7. The van der Waals surface area contributed by atoms with Crippen molar-refractivity contribution in [1.82, 2.24) is 9.88 Å². The Bertz CT molecular complexity index is 902. The smallest absolute Gasteiger partial charge is 0.160 e. The number of hydrogen-bond acceptors (Lipinski definition) is 7. The Labute approximate surface area is 182 Å². The minimum Gasteiger partial charge on any atom is -0.396 e. The minimum atomic E-state index is 0.190. The molecule has 0 aliphatic carbocycles. The van der Waals surface area contributed by atoms with Gasteiger partial charge in [0.25, 0.3) is 0 Å². The van der Waals surface area contributed by atoms with Crippen molar-refractivity contribution in [2.24, 2.45) is 0 Å². The maximum atomic E-state index is 11.7. The van der Waals surface area contributed by atoms with Gasteiger partial charge in [-0.1, -0.05) is 18.2 Å². The van der Waals surface area contributed by atoms with Crippen LogP contribution in [-0.2, 0) is 4.74 Å². The number of thiophene rings is 1. The monoisotopic (exact) mass is 429 g/mol. The predicted molar refractivity (Wildman–Crippen MR) is 126 cm³/mol. The average Bonchev–Trinajstić information content (AvgIpc) is 3.13. The fourth-order valence-electron chi connectivity index (χ4n) is 3.04. The summed E-state index contributed by atoms with van der Waals surface area (Å²) in [7, 11) is 3.67. The number of rotatable bonds is 13. The number of pyridine rings is 1. The first kappa shape index (κ1) is 23.8. The number of aliphatic hydroxyl groups is 1. The molecule has 0 aliphatic rings. The molecule has 0 aliphatic heterocycles. The highest BCUT2D eigenvalue weighted by Crippen LogP contribution is 2.35. The quantitative estimate of drug-likeness (QED) is 0.273. The molecule has 0 unspecified atom stereocenters. The SMILES string of the molecule is C/C=C(\C/C=C\COC)N(C)/C=C\c1c(C=O)sc2nccc(NCCCCO)c12. The highest BCUT2D eigenvalue weighted by Gasteiger charge is 2.14. The molecular formula is C23H31N3O3S. The molecule has 162 valence electrons. The van der Waals surface area contributed by atoms with Crippen LogP contribution in [0.2, 0.25) is 0 Å². The molecule has 2 rings (SSSR count). The van der Waals surface area contributed by atoms with Gasteiger partial charge in [-0.15, -0.1) is 11.3 Å². The molecule has 6 nitrogen and oxygen atoms in total. The first-order valence-corrected chi connectivity index (χ1v) is 10.9. The van der Waals surface area contributed by atoms with Gasteiger partial charge in [0.2, 0.25) is 0 Å². The van der Waals surface area contributed by atoms with Crippen LogP contribution >= 0.6 is 11.3 Å². The van der Waals surface area contributed by atoms with Crippen LogP contribution < -0.4 is 5.32 Å². The standard InChI is InChI=1S/C23H31N3O3S/c1-4-18(9-5-8-16-29-3)26(2)14-11-19-21(17-28)30-23-22(19)20(10-13-25-23)24-12-6-7-15-27/h4-5,8,10-11,13-14,17,27H,6-7,9,12,15-16H2,1-3H3,(H,24,25)/b8-5-,14-11-,18-4+. The molecule has 7 heteroatoms. The van der Waals surface area contributed by atoms with Gasteiger partial charge in [0.1, 0.15) is 4.83 Å². The van der Waals surface area contributed by atoms with Crippen LogP contribution in [0.25, 0.3) is 16.3 Å². The Morgan fingerprint density at radius 1 is 1.37 bits per heavy atom. The Balaban J connectivity index is 2.27. The van der Waals surface area contributed by atoms with E-state index in [1.807, 2.05) is 38.4 Å². The number of carbonyl (C=O) groups excluding carboxylic acids is 1. The van der Waals surface area contributed by atoms with E-state index in [2.05, 4.69) is 27.4 Å². The van der Waals surface area contributed by atoms with Crippen LogP contribution in [-0.4, -0.2) is 55.2 Å².